The number of nitrogens with two attached hydrogens (primary N) is 1. The average molecular weight is 137 g/mol. The summed E-state index contributed by atoms with van der Waals surface area (Å²) in [4.78, 5) is 14.8. The number of hydrogen-bond acceptors (Lipinski definition) is 5. The van der Waals surface area contributed by atoms with Gasteiger partial charge in [-0.15, -0.1) is 0 Å². The van der Waals surface area contributed by atoms with Crippen molar-refractivity contribution in [2.75, 3.05) is 5.73 Å². The zero-order valence-corrected chi connectivity index (χ0v) is 5.57. The molecule has 0 bridgehead atoms. The summed E-state index contributed by atoms with van der Waals surface area (Å²) in [5.41, 5.74) is 5.28. The Bertz CT molecular complexity index is 236. The van der Waals surface area contributed by atoms with Gasteiger partial charge in [0.25, 0.3) is 5.95 Å². The van der Waals surface area contributed by atoms with Crippen LogP contribution in [-0.2, 0) is 0 Å². The molecule has 0 radical (unpaired) electrons. The normalized spacial score (nSPS) is 9.30. The summed E-state index contributed by atoms with van der Waals surface area (Å²) >= 11 is 0. The van der Waals surface area contributed by atoms with Gasteiger partial charge in [0.2, 0.25) is 5.95 Å². The van der Waals surface area contributed by atoms with Crippen LogP contribution in [0.15, 0.2) is 4.99 Å². The van der Waals surface area contributed by atoms with E-state index in [1.807, 2.05) is 0 Å². The molecule has 1 rings (SSSR count). The minimum absolute atomic E-state index is 0.176. The summed E-state index contributed by atoms with van der Waals surface area (Å²) in [7, 11) is 0. The van der Waals surface area contributed by atoms with Crippen LogP contribution < -0.4 is 5.73 Å². The van der Waals surface area contributed by atoms with Crippen molar-refractivity contribution in [2.45, 2.75) is 6.92 Å². The highest BCUT2D eigenvalue weighted by Gasteiger charge is 1.95. The van der Waals surface area contributed by atoms with Crippen LogP contribution in [0.25, 0.3) is 0 Å². The van der Waals surface area contributed by atoms with Gasteiger partial charge in [-0.25, -0.2) is 4.99 Å². The molecular weight excluding hydrogens is 130 g/mol. The molecule has 0 unspecified atom stereocenters. The lowest BCUT2D eigenvalue weighted by Gasteiger charge is -1.94. The lowest BCUT2D eigenvalue weighted by Crippen LogP contribution is -1.98. The van der Waals surface area contributed by atoms with E-state index in [-0.39, 0.29) is 11.9 Å². The fourth-order valence-corrected chi connectivity index (χ4v) is 0.559. The molecule has 0 amide bonds. The van der Waals surface area contributed by atoms with Gasteiger partial charge < -0.3 is 5.73 Å². The summed E-state index contributed by atoms with van der Waals surface area (Å²) in [5.74, 6) is 0.995. The highest BCUT2D eigenvalue weighted by molar-refractivity contribution is 5.36. The van der Waals surface area contributed by atoms with Gasteiger partial charge in [0.05, 0.1) is 0 Å². The van der Waals surface area contributed by atoms with E-state index >= 15 is 0 Å². The Labute approximate surface area is 58.1 Å². The minimum atomic E-state index is 0.176. The first-order valence-corrected chi connectivity index (χ1v) is 2.67. The number of nitrogens with zero attached hydrogens (tertiary/aromatic N) is 4. The third-order valence-electron chi connectivity index (χ3n) is 0.894. The molecule has 0 aliphatic heterocycles. The molecule has 1 aromatic rings. The summed E-state index contributed by atoms with van der Waals surface area (Å²) in [6.45, 7) is 4.97. The number of hydrogen-bond donors (Lipinski definition) is 1. The van der Waals surface area contributed by atoms with E-state index in [2.05, 4.69) is 26.7 Å². The van der Waals surface area contributed by atoms with E-state index < -0.39 is 0 Å². The lowest BCUT2D eigenvalue weighted by molar-refractivity contribution is 0.984. The molecule has 52 valence electrons. The predicted octanol–water partition coefficient (Wildman–Crippen LogP) is 0.0943. The number of aliphatic imine (C=N–C) groups is 1. The highest BCUT2D eigenvalue weighted by Crippen LogP contribution is 2.02. The van der Waals surface area contributed by atoms with Crippen molar-refractivity contribution < 1.29 is 0 Å². The van der Waals surface area contributed by atoms with Crippen molar-refractivity contribution in [3.05, 3.63) is 5.82 Å². The van der Waals surface area contributed by atoms with E-state index in [0.29, 0.717) is 5.82 Å². The highest BCUT2D eigenvalue weighted by atomic mass is 15.1. The van der Waals surface area contributed by atoms with Crippen LogP contribution >= 0.6 is 0 Å². The Morgan fingerprint density at radius 2 is 2.10 bits per heavy atom. The first-order valence-electron chi connectivity index (χ1n) is 2.67. The van der Waals surface area contributed by atoms with Crippen LogP contribution in [-0.4, -0.2) is 21.7 Å². The van der Waals surface area contributed by atoms with Crippen molar-refractivity contribution in [1.29, 1.82) is 0 Å². The van der Waals surface area contributed by atoms with E-state index in [9.17, 15) is 0 Å². The maximum Gasteiger partial charge on any atom is 0.253 e. The quantitative estimate of drug-likeness (QED) is 0.556. The Balaban J connectivity index is 3.18. The van der Waals surface area contributed by atoms with Crippen molar-refractivity contribution in [3.8, 4) is 0 Å². The second kappa shape index (κ2) is 2.38. The van der Waals surface area contributed by atoms with Crippen LogP contribution in [0, 0.1) is 6.92 Å². The third kappa shape index (κ3) is 1.25. The fourth-order valence-electron chi connectivity index (χ4n) is 0.559. The molecule has 5 heteroatoms. The standard InChI is InChI=1S/C5H7N5/c1-3-8-4(6)10-5(7-2)9-3/h2H2,1H3,(H2,6,8,9,10). The maximum absolute atomic E-state index is 5.28. The molecule has 0 atom stereocenters. The zero-order valence-electron chi connectivity index (χ0n) is 5.57. The minimum Gasteiger partial charge on any atom is -0.368 e. The average Bonchev–Trinajstić information content (AvgIpc) is 1.85. The van der Waals surface area contributed by atoms with Crippen LogP contribution in [0.3, 0.4) is 0 Å². The Morgan fingerprint density at radius 1 is 1.40 bits per heavy atom. The summed E-state index contributed by atoms with van der Waals surface area (Å²) in [6, 6.07) is 0. The van der Waals surface area contributed by atoms with Crippen molar-refractivity contribution in [3.63, 3.8) is 0 Å². The number of rotatable bonds is 1. The Hall–Kier alpha value is -1.52. The maximum atomic E-state index is 5.28. The molecule has 0 aliphatic carbocycles. The van der Waals surface area contributed by atoms with Gasteiger partial charge >= 0.3 is 0 Å². The van der Waals surface area contributed by atoms with Gasteiger partial charge in [0, 0.05) is 0 Å². The number of nitrogen functional groups attached to an aromatic ring is 1. The van der Waals surface area contributed by atoms with E-state index in [1.165, 1.54) is 0 Å². The van der Waals surface area contributed by atoms with Crippen molar-refractivity contribution in [1.82, 2.24) is 15.0 Å². The van der Waals surface area contributed by atoms with Gasteiger partial charge in [-0.3, -0.25) is 0 Å². The number of anilines is 1. The number of aromatic nitrogens is 3. The molecule has 1 aromatic heterocycles. The molecule has 1 heterocycles. The summed E-state index contributed by atoms with van der Waals surface area (Å²) in [5, 5.41) is 0. The molecule has 0 fully saturated rings. The van der Waals surface area contributed by atoms with Crippen LogP contribution in [0.1, 0.15) is 5.82 Å². The molecule has 0 spiro atoms. The third-order valence-corrected chi connectivity index (χ3v) is 0.894. The molecule has 10 heavy (non-hydrogen) atoms. The molecule has 0 saturated heterocycles. The summed E-state index contributed by atoms with van der Waals surface area (Å²) in [6.07, 6.45) is 0. The van der Waals surface area contributed by atoms with Gasteiger partial charge in [-0.2, -0.15) is 15.0 Å². The van der Waals surface area contributed by atoms with Gasteiger partial charge in [0.1, 0.15) is 5.82 Å². The van der Waals surface area contributed by atoms with E-state index in [1.54, 1.807) is 6.92 Å². The van der Waals surface area contributed by atoms with Gasteiger partial charge in [0.15, 0.2) is 0 Å². The predicted molar refractivity (Wildman–Crippen MR) is 38.2 cm³/mol. The van der Waals surface area contributed by atoms with Crippen LogP contribution in [0.5, 0.6) is 0 Å². The van der Waals surface area contributed by atoms with Gasteiger partial charge in [-0.1, -0.05) is 0 Å². The largest absolute Gasteiger partial charge is 0.368 e. The van der Waals surface area contributed by atoms with Crippen LogP contribution in [0.4, 0.5) is 11.9 Å². The smallest absolute Gasteiger partial charge is 0.253 e. The molecule has 2 N–H and O–H groups in total. The monoisotopic (exact) mass is 137 g/mol. The van der Waals surface area contributed by atoms with E-state index in [4.69, 9.17) is 5.73 Å². The Morgan fingerprint density at radius 3 is 2.60 bits per heavy atom. The fraction of sp³-hybridized carbons (Fsp3) is 0.200. The first kappa shape index (κ1) is 6.60. The van der Waals surface area contributed by atoms with E-state index in [0.717, 1.165) is 0 Å². The van der Waals surface area contributed by atoms with Crippen molar-refractivity contribution >= 4 is 18.6 Å². The van der Waals surface area contributed by atoms with Crippen molar-refractivity contribution in [2.24, 2.45) is 4.99 Å². The van der Waals surface area contributed by atoms with Gasteiger partial charge in [-0.05, 0) is 13.6 Å². The molecule has 0 aliphatic rings. The Kier molecular flexibility index (Phi) is 1.57. The zero-order chi connectivity index (χ0) is 7.56. The topological polar surface area (TPSA) is 77.0 Å². The molecule has 0 aromatic carbocycles. The number of aryl methyl sites for hydroxylation is 1. The summed E-state index contributed by atoms with van der Waals surface area (Å²) < 4.78 is 0. The molecular formula is C5H7N5. The molecule has 5 nitrogen and oxygen atoms in total. The first-order chi connectivity index (χ1) is 4.72. The van der Waals surface area contributed by atoms with Crippen LogP contribution in [0.2, 0.25) is 0 Å². The second-order valence-electron chi connectivity index (χ2n) is 1.70. The SMILES string of the molecule is C=Nc1nc(C)nc(N)n1. The second-order valence-corrected chi connectivity index (χ2v) is 1.70. The molecule has 0 saturated carbocycles. The lowest BCUT2D eigenvalue weighted by atomic mass is 10.7.